The van der Waals surface area contributed by atoms with E-state index in [2.05, 4.69) is 10.7 Å². The van der Waals surface area contributed by atoms with Crippen molar-refractivity contribution in [1.29, 1.82) is 0 Å². The topological polar surface area (TPSA) is 94.8 Å². The third kappa shape index (κ3) is 6.86. The van der Waals surface area contributed by atoms with Crippen molar-refractivity contribution in [3.63, 3.8) is 0 Å². The van der Waals surface area contributed by atoms with E-state index in [9.17, 15) is 18.4 Å². The highest BCUT2D eigenvalue weighted by Crippen LogP contribution is 2.50. The van der Waals surface area contributed by atoms with Gasteiger partial charge in [-0.3, -0.25) is 4.79 Å². The van der Waals surface area contributed by atoms with Gasteiger partial charge in [0, 0.05) is 35.8 Å². The molecular weight excluding hydrogens is 572 g/mol. The van der Waals surface area contributed by atoms with Crippen molar-refractivity contribution in [3.8, 4) is 16.9 Å². The van der Waals surface area contributed by atoms with Crippen molar-refractivity contribution < 1.29 is 27.8 Å². The highest BCUT2D eigenvalue weighted by molar-refractivity contribution is 8.01. The normalized spacial score (nSPS) is 17.8. The molecule has 0 saturated heterocycles. The van der Waals surface area contributed by atoms with Gasteiger partial charge in [0.1, 0.15) is 23.1 Å². The monoisotopic (exact) mass is 611 g/mol. The number of hydrogen-bond acceptors (Lipinski definition) is 7. The Kier molecular flexibility index (Phi) is 11.2. The van der Waals surface area contributed by atoms with Gasteiger partial charge in [-0.15, -0.1) is 11.8 Å². The van der Waals surface area contributed by atoms with Crippen LogP contribution >= 0.6 is 11.8 Å². The molecule has 1 fully saturated rings. The molecule has 5 rings (SSSR count). The van der Waals surface area contributed by atoms with Crippen molar-refractivity contribution in [2.45, 2.75) is 74.1 Å². The molecule has 2 unspecified atom stereocenters. The molecule has 43 heavy (non-hydrogen) atoms. The number of esters is 1. The summed E-state index contributed by atoms with van der Waals surface area (Å²) in [6, 6.07) is 11.5. The lowest BCUT2D eigenvalue weighted by molar-refractivity contribution is -0.134. The van der Waals surface area contributed by atoms with Crippen molar-refractivity contribution in [1.82, 2.24) is 9.88 Å². The molecule has 1 aliphatic carbocycles. The van der Waals surface area contributed by atoms with Gasteiger partial charge in [-0.25, -0.2) is 18.6 Å². The van der Waals surface area contributed by atoms with Crippen LogP contribution in [0.5, 0.6) is 5.75 Å². The predicted octanol–water partition coefficient (Wildman–Crippen LogP) is 6.73. The number of nitrogens with zero attached hydrogens (tertiary/aromatic N) is 2. The van der Waals surface area contributed by atoms with Crippen LogP contribution < -0.4 is 10.5 Å². The maximum atomic E-state index is 14.9. The van der Waals surface area contributed by atoms with Gasteiger partial charge in [0.25, 0.3) is 0 Å². The predicted molar refractivity (Wildman–Crippen MR) is 164 cm³/mol. The van der Waals surface area contributed by atoms with E-state index in [0.717, 1.165) is 72.7 Å². The van der Waals surface area contributed by atoms with Crippen molar-refractivity contribution in [2.24, 2.45) is 5.73 Å². The van der Waals surface area contributed by atoms with Crippen LogP contribution in [0.15, 0.2) is 53.6 Å². The quantitative estimate of drug-likeness (QED) is 0.283. The molecule has 230 valence electrons. The van der Waals surface area contributed by atoms with E-state index in [-0.39, 0.29) is 22.5 Å². The van der Waals surface area contributed by atoms with Crippen LogP contribution in [0.4, 0.5) is 8.78 Å². The minimum Gasteiger partial charge on any atom is -0.496 e. The smallest absolute Gasteiger partial charge is 0.356 e. The van der Waals surface area contributed by atoms with E-state index < -0.39 is 28.8 Å². The first kappa shape index (κ1) is 32.4. The van der Waals surface area contributed by atoms with Gasteiger partial charge < -0.3 is 20.1 Å². The van der Waals surface area contributed by atoms with E-state index in [1.165, 1.54) is 14.2 Å². The first-order valence-corrected chi connectivity index (χ1v) is 15.5. The Balaban J connectivity index is 0.00000207. The molecule has 2 aliphatic rings. The number of pyridine rings is 1. The molecule has 0 radical (unpaired) electrons. The van der Waals surface area contributed by atoms with E-state index >= 15 is 0 Å². The Bertz CT molecular complexity index is 1450. The second-order valence-electron chi connectivity index (χ2n) is 10.5. The van der Waals surface area contributed by atoms with Gasteiger partial charge in [0.2, 0.25) is 5.91 Å². The zero-order valence-corrected chi connectivity index (χ0v) is 25.9. The summed E-state index contributed by atoms with van der Waals surface area (Å²) in [6.07, 6.45) is 7.02. The van der Waals surface area contributed by atoms with Gasteiger partial charge in [-0.1, -0.05) is 32.3 Å². The van der Waals surface area contributed by atoms with Gasteiger partial charge in [-0.2, -0.15) is 0 Å². The standard InChI is InChI=1S/C32H34F2N2O4S.CH5N/c1-4-23-28-24(33)11-12-25(34)30(28)41-29(23)31(37)36(22-8-6-5-7-9-22)18-21-16-19(10-13-27(21)39-2)20-14-15-35-26(17-20)32(38)40-3;1-2/h10-17,22-23,29H,4-9,18H2,1-3H3;2H2,1H3. The molecule has 1 aliphatic heterocycles. The third-order valence-electron chi connectivity index (χ3n) is 8.17. The fraction of sp³-hybridized carbons (Fsp3) is 0.424. The average Bonchev–Trinajstić information content (AvgIpc) is 3.47. The van der Waals surface area contributed by atoms with Crippen LogP contribution in [0.2, 0.25) is 0 Å². The largest absolute Gasteiger partial charge is 0.496 e. The minimum atomic E-state index is -0.611. The molecule has 0 spiro atoms. The molecule has 1 amide bonds. The number of fused-ring (bicyclic) bond motifs is 1. The molecular formula is C33H39F2N3O4S. The number of thioether (sulfide) groups is 1. The van der Waals surface area contributed by atoms with Crippen LogP contribution in [-0.4, -0.2) is 54.3 Å². The molecule has 3 aromatic rings. The number of carbonyl (C=O) groups is 2. The summed E-state index contributed by atoms with van der Waals surface area (Å²) >= 11 is 1.15. The van der Waals surface area contributed by atoms with E-state index in [0.29, 0.717) is 24.3 Å². The van der Waals surface area contributed by atoms with Crippen molar-refractivity contribution in [3.05, 3.63) is 77.1 Å². The van der Waals surface area contributed by atoms with Crippen molar-refractivity contribution >= 4 is 23.6 Å². The van der Waals surface area contributed by atoms with Crippen LogP contribution in [0.25, 0.3) is 11.1 Å². The van der Waals surface area contributed by atoms with Gasteiger partial charge >= 0.3 is 5.97 Å². The molecule has 7 nitrogen and oxygen atoms in total. The zero-order valence-electron chi connectivity index (χ0n) is 25.1. The number of hydrogen-bond donors (Lipinski definition) is 1. The average molecular weight is 612 g/mol. The van der Waals surface area contributed by atoms with E-state index in [1.807, 2.05) is 36.1 Å². The number of aromatic nitrogens is 1. The van der Waals surface area contributed by atoms with Crippen LogP contribution in [0.1, 0.15) is 73.0 Å². The number of carbonyl (C=O) groups excluding carboxylic acids is 2. The van der Waals surface area contributed by atoms with Gasteiger partial charge in [0.15, 0.2) is 0 Å². The van der Waals surface area contributed by atoms with Gasteiger partial charge in [0.05, 0.1) is 24.4 Å². The molecule has 1 saturated carbocycles. The highest BCUT2D eigenvalue weighted by Gasteiger charge is 2.43. The lowest BCUT2D eigenvalue weighted by Crippen LogP contribution is -2.46. The first-order valence-electron chi connectivity index (χ1n) is 14.6. The van der Waals surface area contributed by atoms with E-state index in [4.69, 9.17) is 9.47 Å². The lowest BCUT2D eigenvalue weighted by Gasteiger charge is -2.37. The lowest BCUT2D eigenvalue weighted by atomic mass is 9.89. The summed E-state index contributed by atoms with van der Waals surface area (Å²) in [4.78, 5) is 32.7. The molecule has 2 aromatic carbocycles. The van der Waals surface area contributed by atoms with Gasteiger partial charge in [-0.05, 0) is 73.8 Å². The first-order chi connectivity index (χ1) is 20.9. The second kappa shape index (κ2) is 14.8. The summed E-state index contributed by atoms with van der Waals surface area (Å²) in [5.41, 5.74) is 7.44. The maximum absolute atomic E-state index is 14.9. The number of methoxy groups -OCH3 is 2. The number of ether oxygens (including phenoxy) is 2. The van der Waals surface area contributed by atoms with Crippen LogP contribution in [-0.2, 0) is 16.1 Å². The molecule has 2 heterocycles. The minimum absolute atomic E-state index is 0.0213. The highest BCUT2D eigenvalue weighted by atomic mass is 32.2. The Hall–Kier alpha value is -3.50. The maximum Gasteiger partial charge on any atom is 0.356 e. The molecule has 2 N–H and O–H groups in total. The molecule has 10 heteroatoms. The zero-order chi connectivity index (χ0) is 31.1. The fourth-order valence-electron chi connectivity index (χ4n) is 6.05. The molecule has 0 bridgehead atoms. The fourth-order valence-corrected chi connectivity index (χ4v) is 7.59. The molecule has 2 atom stereocenters. The Morgan fingerprint density at radius 3 is 2.37 bits per heavy atom. The van der Waals surface area contributed by atoms with E-state index in [1.54, 1.807) is 19.4 Å². The number of nitrogens with two attached hydrogens (primary N) is 1. The Labute approximate surface area is 256 Å². The number of halogens is 2. The summed E-state index contributed by atoms with van der Waals surface area (Å²) in [5.74, 6) is -1.35. The van der Waals surface area contributed by atoms with Crippen LogP contribution in [0, 0.1) is 11.6 Å². The number of rotatable bonds is 8. The number of amides is 1. The second-order valence-corrected chi connectivity index (χ2v) is 11.7. The Morgan fingerprint density at radius 1 is 1.00 bits per heavy atom. The summed E-state index contributed by atoms with van der Waals surface area (Å²) < 4.78 is 40.2. The van der Waals surface area contributed by atoms with Crippen molar-refractivity contribution in [2.75, 3.05) is 21.3 Å². The third-order valence-corrected chi connectivity index (χ3v) is 9.60. The summed E-state index contributed by atoms with van der Waals surface area (Å²) in [7, 11) is 4.40. The van der Waals surface area contributed by atoms with Crippen LogP contribution in [0.3, 0.4) is 0 Å². The SMILES string of the molecule is CCC1c2c(F)ccc(F)c2SC1C(=O)N(Cc1cc(-c2ccnc(C(=O)OC)c2)ccc1OC)C1CCCCC1.CN. The summed E-state index contributed by atoms with van der Waals surface area (Å²) in [5, 5.41) is -0.611. The number of benzene rings is 2. The Morgan fingerprint density at radius 2 is 1.70 bits per heavy atom. The summed E-state index contributed by atoms with van der Waals surface area (Å²) in [6.45, 7) is 2.21. The molecule has 1 aromatic heterocycles.